The van der Waals surface area contributed by atoms with Gasteiger partial charge in [-0.3, -0.25) is 0 Å². The third-order valence-electron chi connectivity index (χ3n) is 3.18. The van der Waals surface area contributed by atoms with Gasteiger partial charge in [-0.1, -0.05) is 18.2 Å². The van der Waals surface area contributed by atoms with E-state index >= 15 is 0 Å². The first-order valence-corrected chi connectivity index (χ1v) is 6.52. The maximum Gasteiger partial charge on any atom is 0.502 e. The first-order chi connectivity index (χ1) is 10.5. The van der Waals surface area contributed by atoms with Gasteiger partial charge >= 0.3 is 12.0 Å². The first-order valence-electron chi connectivity index (χ1n) is 6.52. The summed E-state index contributed by atoms with van der Waals surface area (Å²) in [5, 5.41) is 17.8. The zero-order valence-corrected chi connectivity index (χ0v) is 11.9. The molecule has 0 aliphatic carbocycles. The van der Waals surface area contributed by atoms with Gasteiger partial charge in [0.1, 0.15) is 11.9 Å². The van der Waals surface area contributed by atoms with Gasteiger partial charge in [-0.2, -0.15) is 19.5 Å². The van der Waals surface area contributed by atoms with Gasteiger partial charge < -0.3 is 5.11 Å². The van der Waals surface area contributed by atoms with E-state index in [0.29, 0.717) is 5.69 Å². The van der Waals surface area contributed by atoms with Crippen molar-refractivity contribution >= 4 is 17.7 Å². The molecule has 0 bridgehead atoms. The number of nitrogens with zero attached hydrogens (tertiary/aromatic N) is 3. The Kier molecular flexibility index (Phi) is 4.49. The molecule has 6 heteroatoms. The second kappa shape index (κ2) is 6.50. The van der Waals surface area contributed by atoms with Crippen molar-refractivity contribution in [1.29, 1.82) is 5.26 Å². The third-order valence-corrected chi connectivity index (χ3v) is 3.18. The zero-order valence-electron chi connectivity index (χ0n) is 11.9. The Labute approximate surface area is 127 Å². The summed E-state index contributed by atoms with van der Waals surface area (Å²) in [7, 11) is 1.58. The Morgan fingerprint density at radius 1 is 1.27 bits per heavy atom. The Hall–Kier alpha value is -3.20. The number of carbonyl (C=O) groups excluding carboxylic acids is 1. The summed E-state index contributed by atoms with van der Waals surface area (Å²) in [5.41, 5.74) is 1.37. The number of para-hydroxylation sites is 1. The van der Waals surface area contributed by atoms with Gasteiger partial charge in [0.2, 0.25) is 0 Å². The molecule has 1 aromatic carbocycles. The number of pyridine rings is 1. The van der Waals surface area contributed by atoms with Crippen LogP contribution >= 0.6 is 0 Å². The fourth-order valence-corrected chi connectivity index (χ4v) is 2.07. The molecule has 0 saturated carbocycles. The molecule has 2 aromatic rings. The molecule has 0 atom stereocenters. The lowest BCUT2D eigenvalue weighted by Gasteiger charge is -2.12. The Balaban J connectivity index is 2.36. The average molecular weight is 296 g/mol. The molecule has 0 aliphatic rings. The highest BCUT2D eigenvalue weighted by atomic mass is 16.4. The molecule has 1 N–H and O–H groups in total. The third kappa shape index (κ3) is 3.10. The van der Waals surface area contributed by atoms with E-state index in [0.717, 1.165) is 5.56 Å². The fraction of sp³-hybridized carbons (Fsp3) is 0.125. The highest BCUT2D eigenvalue weighted by Crippen LogP contribution is 2.19. The number of rotatable bonds is 3. The molecule has 1 aromatic heterocycles. The van der Waals surface area contributed by atoms with Gasteiger partial charge in [0.25, 0.3) is 0 Å². The van der Waals surface area contributed by atoms with Crippen molar-refractivity contribution in [3.8, 4) is 6.07 Å². The Bertz CT molecular complexity index is 765. The maximum absolute atomic E-state index is 12.5. The summed E-state index contributed by atoms with van der Waals surface area (Å²) in [6.07, 6.45) is 2.93. The van der Waals surface area contributed by atoms with Gasteiger partial charge in [0.05, 0.1) is 31.3 Å². The number of benzene rings is 1. The lowest BCUT2D eigenvalue weighted by molar-refractivity contribution is -0.569. The molecular weight excluding hydrogens is 282 g/mol. The van der Waals surface area contributed by atoms with Crippen LogP contribution in [0.3, 0.4) is 0 Å². The van der Waals surface area contributed by atoms with Crippen molar-refractivity contribution in [2.24, 2.45) is 0 Å². The van der Waals surface area contributed by atoms with Crippen molar-refractivity contribution in [2.45, 2.75) is 6.42 Å². The van der Waals surface area contributed by atoms with Crippen LogP contribution in [0.15, 0.2) is 48.8 Å². The molecule has 110 valence electrons. The van der Waals surface area contributed by atoms with Crippen LogP contribution in [0.25, 0.3) is 0 Å². The lowest BCUT2D eigenvalue weighted by atomic mass is 10.1. The number of nitriles is 1. The zero-order chi connectivity index (χ0) is 16.1. The Morgan fingerprint density at radius 3 is 2.68 bits per heavy atom. The molecular formula is C16H14N3O3+. The van der Waals surface area contributed by atoms with Gasteiger partial charge in [-0.25, -0.2) is 4.79 Å². The van der Waals surface area contributed by atoms with E-state index in [-0.39, 0.29) is 12.0 Å². The van der Waals surface area contributed by atoms with Gasteiger partial charge in [0, 0.05) is 5.56 Å². The van der Waals surface area contributed by atoms with E-state index in [4.69, 9.17) is 10.4 Å². The summed E-state index contributed by atoms with van der Waals surface area (Å²) in [6.45, 7) is 0. The fourth-order valence-electron chi connectivity index (χ4n) is 2.07. The summed E-state index contributed by atoms with van der Waals surface area (Å²) in [4.78, 5) is 24.9. The molecule has 6 nitrogen and oxygen atoms in total. The molecule has 1 amide bonds. The monoisotopic (exact) mass is 296 g/mol. The second-order valence-electron chi connectivity index (χ2n) is 4.61. The minimum Gasteiger partial charge on any atom is -0.478 e. The van der Waals surface area contributed by atoms with Crippen LogP contribution in [0.5, 0.6) is 0 Å². The molecule has 0 unspecified atom stereocenters. The second-order valence-corrected chi connectivity index (χ2v) is 4.61. The van der Waals surface area contributed by atoms with Crippen molar-refractivity contribution in [1.82, 2.24) is 0 Å². The summed E-state index contributed by atoms with van der Waals surface area (Å²) >= 11 is 0. The van der Waals surface area contributed by atoms with Crippen molar-refractivity contribution in [3.63, 3.8) is 0 Å². The standard InChI is InChI=1S/C16H13N3O3/c1-18(14-7-3-2-5-12(14)8-9-17)16(22)19-10-4-6-13(11-19)15(20)21/h2-7,10-11H,8H2,1H3/p+1. The topological polar surface area (TPSA) is 85.3 Å². The van der Waals surface area contributed by atoms with Gasteiger partial charge in [0.15, 0.2) is 0 Å². The van der Waals surface area contributed by atoms with Crippen LogP contribution in [0, 0.1) is 11.3 Å². The van der Waals surface area contributed by atoms with E-state index in [1.807, 2.05) is 0 Å². The lowest BCUT2D eigenvalue weighted by Crippen LogP contribution is -2.51. The number of carboxylic acids is 1. The van der Waals surface area contributed by atoms with E-state index in [2.05, 4.69) is 6.07 Å². The Morgan fingerprint density at radius 2 is 2.00 bits per heavy atom. The van der Waals surface area contributed by atoms with E-state index in [9.17, 15) is 9.59 Å². The number of hydrogen-bond donors (Lipinski definition) is 1. The quantitative estimate of drug-likeness (QED) is 0.876. The van der Waals surface area contributed by atoms with Crippen LogP contribution in [0.1, 0.15) is 15.9 Å². The minimum atomic E-state index is -1.10. The number of anilines is 1. The minimum absolute atomic E-state index is 0.0227. The van der Waals surface area contributed by atoms with Crippen LogP contribution in [-0.4, -0.2) is 24.2 Å². The van der Waals surface area contributed by atoms with Crippen molar-refractivity contribution < 1.29 is 19.3 Å². The normalized spacial score (nSPS) is 9.82. The number of carbonyl (C=O) groups is 2. The van der Waals surface area contributed by atoms with Crippen molar-refractivity contribution in [2.75, 3.05) is 11.9 Å². The summed E-state index contributed by atoms with van der Waals surface area (Å²) < 4.78 is 1.20. The number of aromatic carboxylic acids is 1. The van der Waals surface area contributed by atoms with E-state index in [1.54, 1.807) is 31.3 Å². The number of carboxylic acid groups (broad SMARTS) is 1. The molecule has 22 heavy (non-hydrogen) atoms. The molecule has 1 heterocycles. The molecule has 0 saturated heterocycles. The molecule has 0 spiro atoms. The van der Waals surface area contributed by atoms with Crippen LogP contribution in [0.2, 0.25) is 0 Å². The highest BCUT2D eigenvalue weighted by molar-refractivity contribution is 5.88. The van der Waals surface area contributed by atoms with E-state index in [1.165, 1.54) is 34.0 Å². The first kappa shape index (κ1) is 15.2. The molecule has 0 radical (unpaired) electrons. The molecule has 2 rings (SSSR count). The predicted octanol–water partition coefficient (Wildman–Crippen LogP) is 1.84. The largest absolute Gasteiger partial charge is 0.502 e. The van der Waals surface area contributed by atoms with Gasteiger partial charge in [-0.05, 0) is 18.2 Å². The summed E-state index contributed by atoms with van der Waals surface area (Å²) in [6, 6.07) is 11.7. The predicted molar refractivity (Wildman–Crippen MR) is 78.6 cm³/mol. The smallest absolute Gasteiger partial charge is 0.478 e. The molecule has 0 aliphatic heterocycles. The number of aromatic nitrogens is 1. The maximum atomic E-state index is 12.5. The average Bonchev–Trinajstić information content (AvgIpc) is 2.54. The van der Waals surface area contributed by atoms with Crippen LogP contribution in [0.4, 0.5) is 10.5 Å². The summed E-state index contributed by atoms with van der Waals surface area (Å²) in [5.74, 6) is -1.10. The van der Waals surface area contributed by atoms with Gasteiger partial charge in [-0.15, -0.1) is 0 Å². The van der Waals surface area contributed by atoms with Crippen LogP contribution in [-0.2, 0) is 6.42 Å². The highest BCUT2D eigenvalue weighted by Gasteiger charge is 2.25. The van der Waals surface area contributed by atoms with E-state index < -0.39 is 12.0 Å². The van der Waals surface area contributed by atoms with Crippen LogP contribution < -0.4 is 9.47 Å². The SMILES string of the molecule is CN(C(=O)[n+]1cccc(C(=O)O)c1)c1ccccc1CC#N. The number of hydrogen-bond acceptors (Lipinski definition) is 3. The molecule has 0 fully saturated rings. The van der Waals surface area contributed by atoms with Crippen molar-refractivity contribution in [3.05, 3.63) is 59.9 Å². The number of amides is 1.